The van der Waals surface area contributed by atoms with Crippen LogP contribution in [0.25, 0.3) is 0 Å². The molecule has 0 aromatic heterocycles. The summed E-state index contributed by atoms with van der Waals surface area (Å²) in [6, 6.07) is 14.3. The zero-order chi connectivity index (χ0) is 15.1. The van der Waals surface area contributed by atoms with Gasteiger partial charge in [0, 0.05) is 17.8 Å². The van der Waals surface area contributed by atoms with Gasteiger partial charge in [-0.15, -0.1) is 0 Å². The van der Waals surface area contributed by atoms with E-state index in [-0.39, 0.29) is 11.7 Å². The SMILES string of the molecule is CCCOC(=O)c1ccc(NCc2ccccc2O)cc1. The van der Waals surface area contributed by atoms with Crippen molar-refractivity contribution in [3.63, 3.8) is 0 Å². The van der Waals surface area contributed by atoms with Crippen LogP contribution >= 0.6 is 0 Å². The molecule has 21 heavy (non-hydrogen) atoms. The Hall–Kier alpha value is -2.49. The predicted molar refractivity (Wildman–Crippen MR) is 82.4 cm³/mol. The van der Waals surface area contributed by atoms with Crippen LogP contribution in [0, 0.1) is 0 Å². The maximum absolute atomic E-state index is 11.7. The lowest BCUT2D eigenvalue weighted by molar-refractivity contribution is 0.0505. The summed E-state index contributed by atoms with van der Waals surface area (Å²) in [5.41, 5.74) is 2.24. The number of ether oxygens (including phenoxy) is 1. The first-order valence-corrected chi connectivity index (χ1v) is 6.98. The number of hydrogen-bond acceptors (Lipinski definition) is 4. The average Bonchev–Trinajstić information content (AvgIpc) is 2.52. The molecule has 0 heterocycles. The summed E-state index contributed by atoms with van der Waals surface area (Å²) in [6.45, 7) is 2.91. The Morgan fingerprint density at radius 1 is 1.14 bits per heavy atom. The molecule has 4 heteroatoms. The van der Waals surface area contributed by atoms with Crippen molar-refractivity contribution in [2.24, 2.45) is 0 Å². The number of aromatic hydroxyl groups is 1. The summed E-state index contributed by atoms with van der Waals surface area (Å²) in [7, 11) is 0. The predicted octanol–water partition coefficient (Wildman–Crippen LogP) is 3.57. The Morgan fingerprint density at radius 2 is 1.86 bits per heavy atom. The molecule has 0 bridgehead atoms. The van der Waals surface area contributed by atoms with E-state index in [0.29, 0.717) is 18.7 Å². The van der Waals surface area contributed by atoms with Crippen molar-refractivity contribution < 1.29 is 14.6 Å². The first kappa shape index (κ1) is 14.9. The fourth-order valence-corrected chi connectivity index (χ4v) is 1.86. The number of phenolic OH excluding ortho intramolecular Hbond substituents is 1. The van der Waals surface area contributed by atoms with E-state index in [2.05, 4.69) is 5.32 Å². The third-order valence-electron chi connectivity index (χ3n) is 3.03. The second-order valence-electron chi connectivity index (χ2n) is 4.70. The minimum absolute atomic E-state index is 0.268. The van der Waals surface area contributed by atoms with E-state index < -0.39 is 0 Å². The fourth-order valence-electron chi connectivity index (χ4n) is 1.86. The number of phenols is 1. The number of hydrogen-bond donors (Lipinski definition) is 2. The molecule has 2 aromatic rings. The molecule has 0 aliphatic rings. The summed E-state index contributed by atoms with van der Waals surface area (Å²) < 4.78 is 5.07. The Labute approximate surface area is 124 Å². The lowest BCUT2D eigenvalue weighted by Crippen LogP contribution is -2.06. The van der Waals surface area contributed by atoms with E-state index in [0.717, 1.165) is 17.7 Å². The van der Waals surface area contributed by atoms with Gasteiger partial charge < -0.3 is 15.2 Å². The maximum atomic E-state index is 11.7. The molecule has 4 nitrogen and oxygen atoms in total. The highest BCUT2D eigenvalue weighted by atomic mass is 16.5. The quantitative estimate of drug-likeness (QED) is 0.797. The van der Waals surface area contributed by atoms with Crippen LogP contribution in [0.5, 0.6) is 5.75 Å². The Kier molecular flexibility index (Phi) is 5.21. The summed E-state index contributed by atoms with van der Waals surface area (Å²) in [6.07, 6.45) is 0.811. The van der Waals surface area contributed by atoms with Crippen molar-refractivity contribution in [2.45, 2.75) is 19.9 Å². The molecule has 0 aliphatic heterocycles. The van der Waals surface area contributed by atoms with E-state index in [1.807, 2.05) is 31.2 Å². The molecule has 0 atom stereocenters. The average molecular weight is 285 g/mol. The van der Waals surface area contributed by atoms with Crippen molar-refractivity contribution in [3.8, 4) is 5.75 Å². The Bertz CT molecular complexity index is 593. The molecular formula is C17H19NO3. The normalized spacial score (nSPS) is 10.1. The van der Waals surface area contributed by atoms with Gasteiger partial charge in [-0.2, -0.15) is 0 Å². The van der Waals surface area contributed by atoms with Crippen LogP contribution in [0.1, 0.15) is 29.3 Å². The van der Waals surface area contributed by atoms with Gasteiger partial charge in [-0.3, -0.25) is 0 Å². The van der Waals surface area contributed by atoms with Gasteiger partial charge in [-0.25, -0.2) is 4.79 Å². The van der Waals surface area contributed by atoms with Crippen LogP contribution in [-0.4, -0.2) is 17.7 Å². The number of nitrogens with one attached hydrogen (secondary N) is 1. The number of anilines is 1. The van der Waals surface area contributed by atoms with Crippen molar-refractivity contribution in [3.05, 3.63) is 59.7 Å². The molecule has 0 radical (unpaired) electrons. The number of benzene rings is 2. The van der Waals surface area contributed by atoms with Crippen LogP contribution in [0.3, 0.4) is 0 Å². The lowest BCUT2D eigenvalue weighted by Gasteiger charge is -2.09. The zero-order valence-corrected chi connectivity index (χ0v) is 12.0. The van der Waals surface area contributed by atoms with Gasteiger partial charge in [0.25, 0.3) is 0 Å². The van der Waals surface area contributed by atoms with Crippen LogP contribution < -0.4 is 5.32 Å². The van der Waals surface area contributed by atoms with Gasteiger partial charge in [0.15, 0.2) is 0 Å². The van der Waals surface area contributed by atoms with Crippen LogP contribution in [0.15, 0.2) is 48.5 Å². The molecule has 2 N–H and O–H groups in total. The van der Waals surface area contributed by atoms with Crippen molar-refractivity contribution in [2.75, 3.05) is 11.9 Å². The molecule has 0 fully saturated rings. The number of carbonyl (C=O) groups excluding carboxylic acids is 1. The molecule has 110 valence electrons. The van der Waals surface area contributed by atoms with Crippen molar-refractivity contribution >= 4 is 11.7 Å². The second-order valence-corrected chi connectivity index (χ2v) is 4.70. The monoisotopic (exact) mass is 285 g/mol. The molecule has 0 saturated heterocycles. The zero-order valence-electron chi connectivity index (χ0n) is 12.0. The summed E-state index contributed by atoms with van der Waals surface area (Å²) >= 11 is 0. The fraction of sp³-hybridized carbons (Fsp3) is 0.235. The second kappa shape index (κ2) is 7.33. The van der Waals surface area contributed by atoms with E-state index in [1.54, 1.807) is 24.3 Å². The molecule has 0 saturated carbocycles. The summed E-state index contributed by atoms with van der Waals surface area (Å²) in [4.78, 5) is 11.7. The molecule has 2 rings (SSSR count). The van der Waals surface area contributed by atoms with Crippen LogP contribution in [-0.2, 0) is 11.3 Å². The highest BCUT2D eigenvalue weighted by Crippen LogP contribution is 2.18. The maximum Gasteiger partial charge on any atom is 0.338 e. The molecule has 0 amide bonds. The third-order valence-corrected chi connectivity index (χ3v) is 3.03. The van der Waals surface area contributed by atoms with Gasteiger partial charge in [0.2, 0.25) is 0 Å². The minimum atomic E-state index is -0.302. The first-order chi connectivity index (χ1) is 10.2. The lowest BCUT2D eigenvalue weighted by atomic mass is 10.2. The number of carbonyl (C=O) groups is 1. The highest BCUT2D eigenvalue weighted by molar-refractivity contribution is 5.89. The van der Waals surface area contributed by atoms with E-state index in [1.165, 1.54) is 0 Å². The first-order valence-electron chi connectivity index (χ1n) is 6.98. The van der Waals surface area contributed by atoms with E-state index >= 15 is 0 Å². The van der Waals surface area contributed by atoms with Crippen molar-refractivity contribution in [1.29, 1.82) is 0 Å². The summed E-state index contributed by atoms with van der Waals surface area (Å²) in [5.74, 6) is -0.0335. The smallest absolute Gasteiger partial charge is 0.338 e. The number of para-hydroxylation sites is 1. The van der Waals surface area contributed by atoms with Gasteiger partial charge in [0.1, 0.15) is 5.75 Å². The van der Waals surface area contributed by atoms with Gasteiger partial charge in [-0.05, 0) is 36.8 Å². The third kappa shape index (κ3) is 4.24. The minimum Gasteiger partial charge on any atom is -0.508 e. The highest BCUT2D eigenvalue weighted by Gasteiger charge is 2.06. The van der Waals surface area contributed by atoms with E-state index in [4.69, 9.17) is 4.74 Å². The van der Waals surface area contributed by atoms with E-state index in [9.17, 15) is 9.90 Å². The van der Waals surface area contributed by atoms with Gasteiger partial charge in [-0.1, -0.05) is 25.1 Å². The Balaban J connectivity index is 1.93. The summed E-state index contributed by atoms with van der Waals surface area (Å²) in [5, 5.41) is 12.9. The topological polar surface area (TPSA) is 58.6 Å². The van der Waals surface area contributed by atoms with Gasteiger partial charge >= 0.3 is 5.97 Å². The number of esters is 1. The standard InChI is InChI=1S/C17H19NO3/c1-2-11-21-17(20)13-7-9-15(10-8-13)18-12-14-5-3-4-6-16(14)19/h3-10,18-19H,2,11-12H2,1H3. The van der Waals surface area contributed by atoms with Crippen molar-refractivity contribution in [1.82, 2.24) is 0 Å². The van der Waals surface area contributed by atoms with Crippen LogP contribution in [0.2, 0.25) is 0 Å². The molecule has 0 aliphatic carbocycles. The van der Waals surface area contributed by atoms with Crippen LogP contribution in [0.4, 0.5) is 5.69 Å². The molecular weight excluding hydrogens is 266 g/mol. The Morgan fingerprint density at radius 3 is 2.52 bits per heavy atom. The molecule has 2 aromatic carbocycles. The molecule has 0 spiro atoms. The number of rotatable bonds is 6. The largest absolute Gasteiger partial charge is 0.508 e. The molecule has 0 unspecified atom stereocenters. The van der Waals surface area contributed by atoms with Gasteiger partial charge in [0.05, 0.1) is 12.2 Å².